The van der Waals surface area contributed by atoms with E-state index in [1.165, 1.54) is 7.11 Å². The first-order valence-electron chi connectivity index (χ1n) is 6.04. The molecule has 0 aliphatic carbocycles. The molecule has 0 saturated carbocycles. The van der Waals surface area contributed by atoms with Crippen LogP contribution >= 0.6 is 0 Å². The van der Waals surface area contributed by atoms with Gasteiger partial charge in [-0.3, -0.25) is 4.98 Å². The molecule has 0 unspecified atom stereocenters. The molecule has 0 radical (unpaired) electrons. The van der Waals surface area contributed by atoms with Crippen molar-refractivity contribution in [2.24, 2.45) is 0 Å². The van der Waals surface area contributed by atoms with Gasteiger partial charge in [-0.25, -0.2) is 0 Å². The van der Waals surface area contributed by atoms with Gasteiger partial charge in [0.1, 0.15) is 5.82 Å². The molecule has 2 aromatic heterocycles. The van der Waals surface area contributed by atoms with Gasteiger partial charge in [-0.2, -0.15) is 9.97 Å². The minimum Gasteiger partial charge on any atom is -0.481 e. The molecule has 0 aliphatic heterocycles. The topological polar surface area (TPSA) is 86.0 Å². The van der Waals surface area contributed by atoms with Gasteiger partial charge in [0.05, 0.1) is 7.11 Å². The minimum absolute atomic E-state index is 0.161. The van der Waals surface area contributed by atoms with Crippen molar-refractivity contribution >= 4 is 28.2 Å². The number of hydrogen-bond donors (Lipinski definition) is 2. The maximum Gasteiger partial charge on any atom is 0.225 e. The van der Waals surface area contributed by atoms with E-state index < -0.39 is 0 Å². The van der Waals surface area contributed by atoms with Gasteiger partial charge in [-0.1, -0.05) is 12.1 Å². The first-order chi connectivity index (χ1) is 9.76. The van der Waals surface area contributed by atoms with Crippen LogP contribution < -0.4 is 15.8 Å². The lowest BCUT2D eigenvalue weighted by atomic mass is 10.1. The molecule has 20 heavy (non-hydrogen) atoms. The Labute approximate surface area is 115 Å². The van der Waals surface area contributed by atoms with E-state index in [-0.39, 0.29) is 5.95 Å². The number of rotatable bonds is 3. The van der Waals surface area contributed by atoms with Crippen LogP contribution in [-0.2, 0) is 0 Å². The fraction of sp³-hybridized carbons (Fsp3) is 0.0714. The molecule has 2 heterocycles. The average molecular weight is 267 g/mol. The predicted octanol–water partition coefficient (Wildman–Crippen LogP) is 2.36. The zero-order valence-electron chi connectivity index (χ0n) is 10.9. The maximum atomic E-state index is 5.65. The number of fused-ring (bicyclic) bond motifs is 1. The van der Waals surface area contributed by atoms with Crippen LogP contribution in [0.3, 0.4) is 0 Å². The number of nitrogen functional groups attached to an aromatic ring is 1. The lowest BCUT2D eigenvalue weighted by Crippen LogP contribution is -2.02. The Morgan fingerprint density at radius 3 is 2.95 bits per heavy atom. The molecule has 3 rings (SSSR count). The largest absolute Gasteiger partial charge is 0.481 e. The van der Waals surface area contributed by atoms with Crippen molar-refractivity contribution in [1.82, 2.24) is 15.0 Å². The highest BCUT2D eigenvalue weighted by Gasteiger charge is 2.05. The van der Waals surface area contributed by atoms with E-state index in [1.54, 1.807) is 12.3 Å². The van der Waals surface area contributed by atoms with Crippen molar-refractivity contribution in [3.8, 4) is 5.88 Å². The van der Waals surface area contributed by atoms with E-state index in [9.17, 15) is 0 Å². The second kappa shape index (κ2) is 5.00. The second-order valence-electron chi connectivity index (χ2n) is 4.18. The summed E-state index contributed by atoms with van der Waals surface area (Å²) in [5.41, 5.74) is 6.57. The number of anilines is 3. The van der Waals surface area contributed by atoms with Crippen LogP contribution in [0, 0.1) is 0 Å². The molecule has 0 aliphatic rings. The van der Waals surface area contributed by atoms with Gasteiger partial charge >= 0.3 is 0 Å². The summed E-state index contributed by atoms with van der Waals surface area (Å²) >= 11 is 0. The fourth-order valence-electron chi connectivity index (χ4n) is 1.98. The Morgan fingerprint density at radius 1 is 1.20 bits per heavy atom. The van der Waals surface area contributed by atoms with E-state index >= 15 is 0 Å². The third kappa shape index (κ3) is 2.31. The summed E-state index contributed by atoms with van der Waals surface area (Å²) in [5.74, 6) is 1.16. The van der Waals surface area contributed by atoms with Gasteiger partial charge in [0, 0.05) is 34.9 Å². The molecule has 0 saturated heterocycles. The number of hydrogen-bond acceptors (Lipinski definition) is 6. The number of ether oxygens (including phenoxy) is 1. The van der Waals surface area contributed by atoms with E-state index in [4.69, 9.17) is 10.5 Å². The predicted molar refractivity (Wildman–Crippen MR) is 78.0 cm³/mol. The Bertz CT molecular complexity index is 754. The third-order valence-corrected chi connectivity index (χ3v) is 2.87. The normalized spacial score (nSPS) is 10.4. The van der Waals surface area contributed by atoms with Crippen molar-refractivity contribution in [3.05, 3.63) is 42.7 Å². The number of methoxy groups -OCH3 is 1. The number of nitrogens with two attached hydrogens (primary N) is 1. The second-order valence-corrected chi connectivity index (χ2v) is 4.18. The summed E-state index contributed by atoms with van der Waals surface area (Å²) in [5, 5.41) is 5.33. The molecule has 6 nitrogen and oxygen atoms in total. The first kappa shape index (κ1) is 12.2. The highest BCUT2D eigenvalue weighted by molar-refractivity contribution is 5.94. The van der Waals surface area contributed by atoms with Gasteiger partial charge in [0.15, 0.2) is 0 Å². The van der Waals surface area contributed by atoms with Gasteiger partial charge < -0.3 is 15.8 Å². The van der Waals surface area contributed by atoms with E-state index in [1.807, 2.05) is 30.5 Å². The lowest BCUT2D eigenvalue weighted by Gasteiger charge is -2.10. The van der Waals surface area contributed by atoms with Crippen LogP contribution in [0.2, 0.25) is 0 Å². The number of pyridine rings is 1. The SMILES string of the molecule is COc1cc(Nc2cccc3cnccc23)nc(N)n1. The molecule has 0 fully saturated rings. The summed E-state index contributed by atoms with van der Waals surface area (Å²) < 4.78 is 5.08. The third-order valence-electron chi connectivity index (χ3n) is 2.87. The average Bonchev–Trinajstić information content (AvgIpc) is 2.47. The quantitative estimate of drug-likeness (QED) is 0.757. The van der Waals surface area contributed by atoms with Crippen LogP contribution in [0.15, 0.2) is 42.7 Å². The Kier molecular flexibility index (Phi) is 3.04. The molecular formula is C14H13N5O. The van der Waals surface area contributed by atoms with Crippen LogP contribution in [0.5, 0.6) is 5.88 Å². The molecule has 100 valence electrons. The van der Waals surface area contributed by atoms with Crippen molar-refractivity contribution in [1.29, 1.82) is 0 Å². The number of nitrogens with one attached hydrogen (secondary N) is 1. The van der Waals surface area contributed by atoms with Crippen molar-refractivity contribution in [2.45, 2.75) is 0 Å². The molecule has 0 spiro atoms. The van der Waals surface area contributed by atoms with Crippen molar-refractivity contribution in [3.63, 3.8) is 0 Å². The van der Waals surface area contributed by atoms with Crippen LogP contribution in [0.1, 0.15) is 0 Å². The van der Waals surface area contributed by atoms with Crippen LogP contribution in [0.4, 0.5) is 17.5 Å². The monoisotopic (exact) mass is 267 g/mol. The molecular weight excluding hydrogens is 254 g/mol. The highest BCUT2D eigenvalue weighted by Crippen LogP contribution is 2.26. The molecule has 0 amide bonds. The maximum absolute atomic E-state index is 5.65. The summed E-state index contributed by atoms with van der Waals surface area (Å²) in [6.45, 7) is 0. The van der Waals surface area contributed by atoms with E-state index in [0.717, 1.165) is 16.5 Å². The van der Waals surface area contributed by atoms with Crippen molar-refractivity contribution in [2.75, 3.05) is 18.2 Å². The molecule has 3 N–H and O–H groups in total. The van der Waals surface area contributed by atoms with Crippen LogP contribution in [0.25, 0.3) is 10.8 Å². The molecule has 0 bridgehead atoms. The van der Waals surface area contributed by atoms with Gasteiger partial charge in [0.25, 0.3) is 0 Å². The molecule has 1 aromatic carbocycles. The summed E-state index contributed by atoms with van der Waals surface area (Å²) in [7, 11) is 1.54. The first-order valence-corrected chi connectivity index (χ1v) is 6.04. The molecule has 6 heteroatoms. The number of aromatic nitrogens is 3. The number of benzene rings is 1. The highest BCUT2D eigenvalue weighted by atomic mass is 16.5. The molecule has 0 atom stereocenters. The Morgan fingerprint density at radius 2 is 2.10 bits per heavy atom. The van der Waals surface area contributed by atoms with E-state index in [2.05, 4.69) is 20.3 Å². The Balaban J connectivity index is 2.03. The van der Waals surface area contributed by atoms with Crippen LogP contribution in [-0.4, -0.2) is 22.1 Å². The lowest BCUT2D eigenvalue weighted by molar-refractivity contribution is 0.398. The number of nitrogens with zero attached hydrogens (tertiary/aromatic N) is 3. The van der Waals surface area contributed by atoms with Crippen molar-refractivity contribution < 1.29 is 4.74 Å². The minimum atomic E-state index is 0.161. The summed E-state index contributed by atoms with van der Waals surface area (Å²) in [6, 6.07) is 9.56. The van der Waals surface area contributed by atoms with Gasteiger partial charge in [-0.05, 0) is 12.1 Å². The summed E-state index contributed by atoms with van der Waals surface area (Å²) in [4.78, 5) is 12.2. The standard InChI is InChI=1S/C14H13N5O/c1-20-13-7-12(18-14(15)19-13)17-11-4-2-3-9-8-16-6-5-10(9)11/h2-8H,1H3,(H3,15,17,18,19). The van der Waals surface area contributed by atoms with Gasteiger partial charge in [-0.15, -0.1) is 0 Å². The summed E-state index contributed by atoms with van der Waals surface area (Å²) in [6.07, 6.45) is 3.57. The van der Waals surface area contributed by atoms with E-state index in [0.29, 0.717) is 11.7 Å². The molecule has 3 aromatic rings. The fourth-order valence-corrected chi connectivity index (χ4v) is 1.98. The van der Waals surface area contributed by atoms with Gasteiger partial charge in [0.2, 0.25) is 11.8 Å². The smallest absolute Gasteiger partial charge is 0.225 e. The Hall–Kier alpha value is -2.89. The zero-order chi connectivity index (χ0) is 13.9. The zero-order valence-corrected chi connectivity index (χ0v) is 10.9.